The van der Waals surface area contributed by atoms with Crippen LogP contribution in [0.3, 0.4) is 0 Å². The molecular formula is C27H35N5O3S. The van der Waals surface area contributed by atoms with Gasteiger partial charge in [-0.2, -0.15) is 5.26 Å². The lowest BCUT2D eigenvalue weighted by molar-refractivity contribution is -0.130. The summed E-state index contributed by atoms with van der Waals surface area (Å²) in [5.41, 5.74) is 1.12. The highest BCUT2D eigenvalue weighted by atomic mass is 32.2. The fraction of sp³-hybridized carbons (Fsp3) is 0.630. The molecule has 1 saturated heterocycles. The van der Waals surface area contributed by atoms with Gasteiger partial charge in [0.25, 0.3) is 0 Å². The molecule has 36 heavy (non-hydrogen) atoms. The predicted octanol–water partition coefficient (Wildman–Crippen LogP) is 4.11. The van der Waals surface area contributed by atoms with Gasteiger partial charge < -0.3 is 20.3 Å². The number of aliphatic imine (C=N–C) groups is 1. The van der Waals surface area contributed by atoms with Crippen LogP contribution in [-0.4, -0.2) is 58.0 Å². The van der Waals surface area contributed by atoms with Gasteiger partial charge in [-0.05, 0) is 38.0 Å². The summed E-state index contributed by atoms with van der Waals surface area (Å²) >= 11 is 1.71. The van der Waals surface area contributed by atoms with Crippen molar-refractivity contribution in [2.45, 2.75) is 69.7 Å². The number of hydrogen-bond acceptors (Lipinski definition) is 7. The number of carbonyl (C=O) groups is 2. The number of ether oxygens (including phenoxy) is 1. The first-order valence-corrected chi connectivity index (χ1v) is 13.8. The highest BCUT2D eigenvalue weighted by Gasteiger charge is 2.72. The average Bonchev–Trinajstić information content (AvgIpc) is 3.63. The van der Waals surface area contributed by atoms with E-state index >= 15 is 0 Å². The standard InChI is InChI=1S/C27H35N5O3S/c1-6-15-14-35-22(30-15)20-18(13-28)21(20)23-32(7-2)25(34)27(36-23)12-19(27)29-16-9-8-10-17(11-16)31-24(33)26(3,4)5/h8-11,15,18-21,23,29H,6-7,12,14H2,1-5H3,(H,31,33)/t15-,18?,19?,20?,21?,23?,27?/m0/s1. The number of thioether (sulfide) groups is 1. The van der Waals surface area contributed by atoms with E-state index in [2.05, 4.69) is 23.6 Å². The zero-order valence-corrected chi connectivity index (χ0v) is 22.4. The maximum absolute atomic E-state index is 13.6. The van der Waals surface area contributed by atoms with Crippen LogP contribution >= 0.6 is 11.8 Å². The van der Waals surface area contributed by atoms with Crippen LogP contribution in [-0.2, 0) is 14.3 Å². The second-order valence-corrected chi connectivity index (χ2v) is 12.7. The molecule has 7 atom stereocenters. The van der Waals surface area contributed by atoms with Gasteiger partial charge in [0, 0.05) is 29.3 Å². The molecule has 2 N–H and O–H groups in total. The van der Waals surface area contributed by atoms with E-state index in [1.165, 1.54) is 0 Å². The lowest BCUT2D eigenvalue weighted by atomic mass is 9.95. The number of benzene rings is 1. The van der Waals surface area contributed by atoms with Gasteiger partial charge in [0.15, 0.2) is 5.90 Å². The fourth-order valence-electron chi connectivity index (χ4n) is 5.28. The Morgan fingerprint density at radius 1 is 1.33 bits per heavy atom. The topological polar surface area (TPSA) is 107 Å². The number of amides is 2. The molecule has 2 saturated carbocycles. The number of rotatable bonds is 7. The molecule has 2 heterocycles. The number of anilines is 2. The van der Waals surface area contributed by atoms with Crippen LogP contribution in [0.25, 0.3) is 0 Å². The number of carbonyl (C=O) groups excluding carboxylic acids is 2. The van der Waals surface area contributed by atoms with Crippen molar-refractivity contribution in [3.63, 3.8) is 0 Å². The number of hydrogen-bond donors (Lipinski definition) is 2. The molecule has 1 aromatic carbocycles. The zero-order valence-electron chi connectivity index (χ0n) is 21.6. The average molecular weight is 510 g/mol. The maximum atomic E-state index is 13.6. The molecule has 0 radical (unpaired) electrons. The lowest BCUT2D eigenvalue weighted by Crippen LogP contribution is -2.37. The Hall–Kier alpha value is -2.73. The molecule has 3 fully saturated rings. The van der Waals surface area contributed by atoms with Gasteiger partial charge in [-0.25, -0.2) is 4.99 Å². The third-order valence-electron chi connectivity index (χ3n) is 7.70. The molecule has 2 aliphatic carbocycles. The molecule has 192 valence electrons. The molecule has 2 aliphatic heterocycles. The van der Waals surface area contributed by atoms with Crippen molar-refractivity contribution in [3.05, 3.63) is 24.3 Å². The maximum Gasteiger partial charge on any atom is 0.241 e. The van der Waals surface area contributed by atoms with Crippen LogP contribution in [0, 0.1) is 34.5 Å². The van der Waals surface area contributed by atoms with E-state index in [0.29, 0.717) is 19.0 Å². The summed E-state index contributed by atoms with van der Waals surface area (Å²) in [7, 11) is 0. The first-order valence-electron chi connectivity index (χ1n) is 12.9. The Morgan fingerprint density at radius 3 is 2.72 bits per heavy atom. The summed E-state index contributed by atoms with van der Waals surface area (Å²) < 4.78 is 5.36. The van der Waals surface area contributed by atoms with E-state index in [4.69, 9.17) is 9.73 Å². The second kappa shape index (κ2) is 8.98. The number of nitrogens with zero attached hydrogens (tertiary/aromatic N) is 3. The smallest absolute Gasteiger partial charge is 0.241 e. The second-order valence-electron chi connectivity index (χ2n) is 11.3. The van der Waals surface area contributed by atoms with E-state index in [0.717, 1.165) is 24.2 Å². The van der Waals surface area contributed by atoms with E-state index in [9.17, 15) is 14.9 Å². The third-order valence-corrected chi connectivity index (χ3v) is 9.55. The van der Waals surface area contributed by atoms with Crippen LogP contribution in [0.4, 0.5) is 11.4 Å². The summed E-state index contributed by atoms with van der Waals surface area (Å²) in [6.07, 6.45) is 1.67. The number of nitrogens with one attached hydrogen (secondary N) is 2. The van der Waals surface area contributed by atoms with E-state index in [-0.39, 0.29) is 47.0 Å². The minimum Gasteiger partial charge on any atom is -0.478 e. The highest BCUT2D eigenvalue weighted by Crippen LogP contribution is 2.65. The van der Waals surface area contributed by atoms with Crippen LogP contribution < -0.4 is 10.6 Å². The highest BCUT2D eigenvalue weighted by molar-refractivity contribution is 8.02. The van der Waals surface area contributed by atoms with Gasteiger partial charge in [-0.15, -0.1) is 11.8 Å². The zero-order chi connectivity index (χ0) is 25.8. The molecule has 5 rings (SSSR count). The van der Waals surface area contributed by atoms with E-state index in [1.54, 1.807) is 11.8 Å². The van der Waals surface area contributed by atoms with Crippen molar-refractivity contribution in [3.8, 4) is 6.07 Å². The Bertz CT molecular complexity index is 1140. The molecule has 0 aromatic heterocycles. The van der Waals surface area contributed by atoms with Crippen LogP contribution in [0.2, 0.25) is 0 Å². The fourth-order valence-corrected chi connectivity index (χ4v) is 7.29. The van der Waals surface area contributed by atoms with Gasteiger partial charge in [-0.1, -0.05) is 33.8 Å². The summed E-state index contributed by atoms with van der Waals surface area (Å²) in [6, 6.07) is 10.3. The van der Waals surface area contributed by atoms with Gasteiger partial charge in [0.1, 0.15) is 11.4 Å². The molecule has 4 aliphatic rings. The van der Waals surface area contributed by atoms with Crippen molar-refractivity contribution in [2.75, 3.05) is 23.8 Å². The van der Waals surface area contributed by atoms with E-state index < -0.39 is 10.2 Å². The van der Waals surface area contributed by atoms with Gasteiger partial charge >= 0.3 is 0 Å². The van der Waals surface area contributed by atoms with Gasteiger partial charge in [0.05, 0.1) is 35.4 Å². The minimum absolute atomic E-state index is 0.00453. The van der Waals surface area contributed by atoms with Crippen LogP contribution in [0.1, 0.15) is 47.5 Å². The summed E-state index contributed by atoms with van der Waals surface area (Å²) in [6.45, 7) is 10.9. The van der Waals surface area contributed by atoms with Crippen molar-refractivity contribution in [2.24, 2.45) is 28.2 Å². The lowest BCUT2D eigenvalue weighted by Gasteiger charge is -2.22. The van der Waals surface area contributed by atoms with Gasteiger partial charge in [-0.3, -0.25) is 9.59 Å². The SMILES string of the molecule is CC[C@H]1COC(C2C(C#N)C2C2SC3(CC3Nc3cccc(NC(=O)C(C)(C)C)c3)C(=O)N2CC)=N1. The van der Waals surface area contributed by atoms with E-state index in [1.807, 2.05) is 56.9 Å². The Kier molecular flexibility index (Phi) is 6.22. The molecule has 6 unspecified atom stereocenters. The Morgan fingerprint density at radius 2 is 2.08 bits per heavy atom. The summed E-state index contributed by atoms with van der Waals surface area (Å²) in [4.78, 5) is 32.6. The van der Waals surface area contributed by atoms with Crippen molar-refractivity contribution < 1.29 is 14.3 Å². The van der Waals surface area contributed by atoms with Crippen molar-refractivity contribution in [1.82, 2.24) is 4.90 Å². The summed E-state index contributed by atoms with van der Waals surface area (Å²) in [5.74, 6) is 0.685. The first-order chi connectivity index (χ1) is 17.1. The first kappa shape index (κ1) is 24.9. The molecule has 1 spiro atoms. The van der Waals surface area contributed by atoms with Crippen LogP contribution in [0.5, 0.6) is 0 Å². The Balaban J connectivity index is 1.28. The predicted molar refractivity (Wildman–Crippen MR) is 142 cm³/mol. The quantitative estimate of drug-likeness (QED) is 0.573. The molecule has 2 amide bonds. The third kappa shape index (κ3) is 4.23. The van der Waals surface area contributed by atoms with Crippen molar-refractivity contribution in [1.29, 1.82) is 5.26 Å². The largest absolute Gasteiger partial charge is 0.478 e. The molecule has 9 heteroatoms. The molecule has 1 aromatic rings. The van der Waals surface area contributed by atoms with Crippen LogP contribution in [0.15, 0.2) is 29.3 Å². The molecular weight excluding hydrogens is 474 g/mol. The minimum atomic E-state index is -0.511. The molecule has 8 nitrogen and oxygen atoms in total. The monoisotopic (exact) mass is 509 g/mol. The normalized spacial score (nSPS) is 34.7. The van der Waals surface area contributed by atoms with Crippen molar-refractivity contribution >= 4 is 40.8 Å². The van der Waals surface area contributed by atoms with Gasteiger partial charge in [0.2, 0.25) is 11.8 Å². The molecule has 0 bridgehead atoms. The Labute approximate surface area is 217 Å². The summed E-state index contributed by atoms with van der Waals surface area (Å²) in [5, 5.41) is 16.3. The number of nitriles is 1.